The van der Waals surface area contributed by atoms with E-state index >= 15 is 0 Å². The van der Waals surface area contributed by atoms with Gasteiger partial charge in [0.05, 0.1) is 0 Å². The molecule has 3 fully saturated rings. The van der Waals surface area contributed by atoms with Crippen LogP contribution in [-0.4, -0.2) is 17.6 Å². The summed E-state index contributed by atoms with van der Waals surface area (Å²) < 4.78 is 0. The van der Waals surface area contributed by atoms with Crippen molar-refractivity contribution in [2.75, 3.05) is 6.54 Å². The zero-order chi connectivity index (χ0) is 6.97. The van der Waals surface area contributed by atoms with Gasteiger partial charge in [0.1, 0.15) is 0 Å². The topological polar surface area (TPSA) is 29.3 Å². The van der Waals surface area contributed by atoms with Gasteiger partial charge in [-0.05, 0) is 31.6 Å². The number of rotatable bonds is 0. The van der Waals surface area contributed by atoms with Gasteiger partial charge in [0, 0.05) is 12.6 Å². The van der Waals surface area contributed by atoms with Crippen LogP contribution in [0.5, 0.6) is 0 Å². The highest BCUT2D eigenvalue weighted by molar-refractivity contribution is 4.82. The van der Waals surface area contributed by atoms with Crippen LogP contribution in [0.2, 0.25) is 0 Å². The van der Waals surface area contributed by atoms with Crippen LogP contribution < -0.4 is 5.84 Å². The minimum Gasteiger partial charge on any atom is -0.269 e. The van der Waals surface area contributed by atoms with Crippen LogP contribution in [0, 0.1) is 5.92 Å². The van der Waals surface area contributed by atoms with E-state index in [1.54, 1.807) is 0 Å². The first-order valence-electron chi connectivity index (χ1n) is 4.37. The summed E-state index contributed by atoms with van der Waals surface area (Å²) in [5, 5.41) is 2.07. The first-order valence-corrected chi connectivity index (χ1v) is 4.37. The Labute approximate surface area is 62.4 Å². The monoisotopic (exact) mass is 140 g/mol. The summed E-state index contributed by atoms with van der Waals surface area (Å²) in [6, 6.07) is 0.721. The molecule has 0 aromatic heterocycles. The molecule has 2 saturated heterocycles. The Kier molecular flexibility index (Phi) is 1.66. The van der Waals surface area contributed by atoms with Crippen molar-refractivity contribution in [1.29, 1.82) is 0 Å². The molecule has 2 aliphatic heterocycles. The van der Waals surface area contributed by atoms with E-state index in [0.717, 1.165) is 18.5 Å². The maximum Gasteiger partial charge on any atom is 0.0241 e. The lowest BCUT2D eigenvalue weighted by atomic mass is 9.96. The number of hydrazine groups is 1. The van der Waals surface area contributed by atoms with Crippen molar-refractivity contribution < 1.29 is 0 Å². The molecule has 0 aromatic rings. The van der Waals surface area contributed by atoms with Crippen LogP contribution in [0.4, 0.5) is 0 Å². The number of nitrogens with two attached hydrogens (primary N) is 1. The molecule has 2 heteroatoms. The van der Waals surface area contributed by atoms with Gasteiger partial charge in [-0.2, -0.15) is 0 Å². The summed E-state index contributed by atoms with van der Waals surface area (Å²) in [6.45, 7) is 1.16. The molecular formula is C8H16N2. The van der Waals surface area contributed by atoms with Crippen molar-refractivity contribution >= 4 is 0 Å². The Hall–Kier alpha value is -0.0800. The third kappa shape index (κ3) is 1.06. The minimum atomic E-state index is 0.721. The summed E-state index contributed by atoms with van der Waals surface area (Å²) in [5.41, 5.74) is 0. The van der Waals surface area contributed by atoms with E-state index in [2.05, 4.69) is 5.01 Å². The van der Waals surface area contributed by atoms with Gasteiger partial charge in [0.25, 0.3) is 0 Å². The van der Waals surface area contributed by atoms with E-state index < -0.39 is 0 Å². The Morgan fingerprint density at radius 3 is 2.80 bits per heavy atom. The Balaban J connectivity index is 2.07. The van der Waals surface area contributed by atoms with Gasteiger partial charge in [-0.3, -0.25) is 5.84 Å². The van der Waals surface area contributed by atoms with Crippen molar-refractivity contribution in [2.45, 2.75) is 38.1 Å². The quantitative estimate of drug-likeness (QED) is 0.511. The zero-order valence-electron chi connectivity index (χ0n) is 6.42. The van der Waals surface area contributed by atoms with Crippen molar-refractivity contribution in [3.63, 3.8) is 0 Å². The second kappa shape index (κ2) is 2.51. The third-order valence-corrected chi connectivity index (χ3v) is 3.00. The molecule has 0 radical (unpaired) electrons. The highest BCUT2D eigenvalue weighted by Gasteiger charge is 2.28. The lowest BCUT2D eigenvalue weighted by Gasteiger charge is -2.32. The van der Waals surface area contributed by atoms with Crippen molar-refractivity contribution in [1.82, 2.24) is 5.01 Å². The number of nitrogens with zero attached hydrogens (tertiary/aromatic N) is 1. The number of piperidine rings is 1. The van der Waals surface area contributed by atoms with Crippen molar-refractivity contribution in [3.8, 4) is 0 Å². The highest BCUT2D eigenvalue weighted by Crippen LogP contribution is 2.30. The normalized spacial score (nSPS) is 41.7. The van der Waals surface area contributed by atoms with Gasteiger partial charge in [-0.1, -0.05) is 6.42 Å². The molecule has 58 valence electrons. The second-order valence-electron chi connectivity index (χ2n) is 3.72. The van der Waals surface area contributed by atoms with Crippen LogP contribution in [-0.2, 0) is 0 Å². The molecular weight excluding hydrogens is 124 g/mol. The van der Waals surface area contributed by atoms with E-state index in [4.69, 9.17) is 5.84 Å². The smallest absolute Gasteiger partial charge is 0.0241 e. The second-order valence-corrected chi connectivity index (χ2v) is 3.72. The maximum absolute atomic E-state index is 5.85. The fourth-order valence-electron chi connectivity index (χ4n) is 2.32. The van der Waals surface area contributed by atoms with Crippen LogP contribution in [0.1, 0.15) is 32.1 Å². The average molecular weight is 140 g/mol. The van der Waals surface area contributed by atoms with Crippen LogP contribution in [0.15, 0.2) is 0 Å². The third-order valence-electron chi connectivity index (χ3n) is 3.00. The predicted octanol–water partition coefficient (Wildman–Crippen LogP) is 1.12. The molecule has 1 saturated carbocycles. The molecule has 1 aliphatic carbocycles. The van der Waals surface area contributed by atoms with Crippen LogP contribution in [0.3, 0.4) is 0 Å². The summed E-state index contributed by atoms with van der Waals surface area (Å²) >= 11 is 0. The van der Waals surface area contributed by atoms with Gasteiger partial charge in [-0.15, -0.1) is 0 Å². The van der Waals surface area contributed by atoms with E-state index in [0.29, 0.717) is 0 Å². The Morgan fingerprint density at radius 2 is 2.00 bits per heavy atom. The molecule has 2 N–H and O–H groups in total. The average Bonchev–Trinajstić information content (AvgIpc) is 2.20. The SMILES string of the molecule is NN1CC2CCCC1CC2. The Morgan fingerprint density at radius 1 is 1.10 bits per heavy atom. The summed E-state index contributed by atoms with van der Waals surface area (Å²) in [7, 11) is 0. The predicted molar refractivity (Wildman–Crippen MR) is 41.3 cm³/mol. The molecule has 2 unspecified atom stereocenters. The Bertz CT molecular complexity index is 120. The molecule has 3 aliphatic rings. The summed E-state index contributed by atoms with van der Waals surface area (Å²) in [4.78, 5) is 0. The first-order chi connectivity index (χ1) is 4.86. The highest BCUT2D eigenvalue weighted by atomic mass is 15.4. The zero-order valence-corrected chi connectivity index (χ0v) is 6.42. The van der Waals surface area contributed by atoms with Crippen molar-refractivity contribution in [3.05, 3.63) is 0 Å². The molecule has 0 amide bonds. The van der Waals surface area contributed by atoms with Gasteiger partial charge in [0.15, 0.2) is 0 Å². The van der Waals surface area contributed by atoms with Gasteiger partial charge >= 0.3 is 0 Å². The molecule has 2 nitrogen and oxygen atoms in total. The maximum atomic E-state index is 5.85. The fraction of sp³-hybridized carbons (Fsp3) is 1.00. The van der Waals surface area contributed by atoms with E-state index in [1.165, 1.54) is 32.1 Å². The summed E-state index contributed by atoms with van der Waals surface area (Å²) in [6.07, 6.45) is 6.94. The minimum absolute atomic E-state index is 0.721. The van der Waals surface area contributed by atoms with E-state index in [-0.39, 0.29) is 0 Å². The van der Waals surface area contributed by atoms with Crippen LogP contribution in [0.25, 0.3) is 0 Å². The van der Waals surface area contributed by atoms with Gasteiger partial charge < -0.3 is 0 Å². The molecule has 3 rings (SSSR count). The number of hydrogen-bond acceptors (Lipinski definition) is 2. The molecule has 2 heterocycles. The molecule has 2 bridgehead atoms. The van der Waals surface area contributed by atoms with E-state index in [1.807, 2.05) is 0 Å². The van der Waals surface area contributed by atoms with Gasteiger partial charge in [0.2, 0.25) is 0 Å². The fourth-order valence-corrected chi connectivity index (χ4v) is 2.32. The molecule has 2 atom stereocenters. The van der Waals surface area contributed by atoms with Crippen molar-refractivity contribution in [2.24, 2.45) is 11.8 Å². The summed E-state index contributed by atoms with van der Waals surface area (Å²) in [5.74, 6) is 6.77. The van der Waals surface area contributed by atoms with Crippen LogP contribution >= 0.6 is 0 Å². The van der Waals surface area contributed by atoms with Gasteiger partial charge in [-0.25, -0.2) is 5.01 Å². The lowest BCUT2D eigenvalue weighted by molar-refractivity contribution is 0.126. The standard InChI is InChI=1S/C8H16N2/c9-10-6-7-2-1-3-8(10)5-4-7/h7-8H,1-6,9H2. The largest absolute Gasteiger partial charge is 0.269 e. The first kappa shape index (κ1) is 6.62. The number of hydrogen-bond donors (Lipinski definition) is 1. The molecule has 10 heavy (non-hydrogen) atoms. The lowest BCUT2D eigenvalue weighted by Crippen LogP contribution is -2.45. The van der Waals surface area contributed by atoms with E-state index in [9.17, 15) is 0 Å². The molecule has 0 spiro atoms. The number of fused-ring (bicyclic) bond motifs is 4. The molecule has 0 aromatic carbocycles.